The van der Waals surface area contributed by atoms with Gasteiger partial charge in [-0.3, -0.25) is 4.79 Å². The molecular formula is C15H23NO2. The van der Waals surface area contributed by atoms with Gasteiger partial charge in [0, 0.05) is 12.6 Å². The maximum Gasteiger partial charge on any atom is 0.251 e. The predicted molar refractivity (Wildman–Crippen MR) is 74.0 cm³/mol. The maximum atomic E-state index is 11.4. The van der Waals surface area contributed by atoms with Gasteiger partial charge in [0.1, 0.15) is 5.75 Å². The first-order valence-electron chi connectivity index (χ1n) is 6.62. The van der Waals surface area contributed by atoms with E-state index in [-0.39, 0.29) is 5.91 Å². The van der Waals surface area contributed by atoms with Gasteiger partial charge in [0.05, 0.1) is 6.61 Å². The summed E-state index contributed by atoms with van der Waals surface area (Å²) in [6.07, 6.45) is 3.68. The van der Waals surface area contributed by atoms with Crippen molar-refractivity contribution in [3.63, 3.8) is 0 Å². The van der Waals surface area contributed by atoms with E-state index in [1.807, 2.05) is 12.1 Å². The van der Waals surface area contributed by atoms with Crippen LogP contribution in [0.2, 0.25) is 0 Å². The van der Waals surface area contributed by atoms with Crippen molar-refractivity contribution in [2.75, 3.05) is 13.7 Å². The average Bonchev–Trinajstić information content (AvgIpc) is 2.42. The molecule has 0 heterocycles. The molecule has 0 fully saturated rings. The highest BCUT2D eigenvalue weighted by Gasteiger charge is 2.05. The molecule has 3 heteroatoms. The Hall–Kier alpha value is -1.51. The van der Waals surface area contributed by atoms with Gasteiger partial charge in [-0.25, -0.2) is 0 Å². The lowest BCUT2D eigenvalue weighted by Gasteiger charge is -2.12. The van der Waals surface area contributed by atoms with Gasteiger partial charge in [0.25, 0.3) is 5.91 Å². The zero-order valence-electron chi connectivity index (χ0n) is 11.5. The van der Waals surface area contributed by atoms with Crippen LogP contribution in [0.5, 0.6) is 5.75 Å². The highest BCUT2D eigenvalue weighted by atomic mass is 16.5. The number of carbonyl (C=O) groups is 1. The van der Waals surface area contributed by atoms with Crippen LogP contribution in [0.15, 0.2) is 24.3 Å². The van der Waals surface area contributed by atoms with E-state index < -0.39 is 0 Å². The Morgan fingerprint density at radius 1 is 1.33 bits per heavy atom. The topological polar surface area (TPSA) is 38.3 Å². The minimum Gasteiger partial charge on any atom is -0.493 e. The normalized spacial score (nSPS) is 11.9. The van der Waals surface area contributed by atoms with Crippen molar-refractivity contribution in [1.29, 1.82) is 0 Å². The van der Waals surface area contributed by atoms with Crippen molar-refractivity contribution in [1.82, 2.24) is 5.32 Å². The number of hydrogen-bond acceptors (Lipinski definition) is 2. The van der Waals surface area contributed by atoms with E-state index in [1.165, 1.54) is 19.3 Å². The van der Waals surface area contributed by atoms with Crippen LogP contribution in [0.1, 0.15) is 43.5 Å². The van der Waals surface area contributed by atoms with Crippen LogP contribution in [-0.2, 0) is 0 Å². The van der Waals surface area contributed by atoms with Gasteiger partial charge < -0.3 is 10.1 Å². The molecule has 3 nitrogen and oxygen atoms in total. The standard InChI is InChI=1S/C15H23NO2/c1-4-5-6-12(2)11-18-14-9-7-13(8-10-14)15(17)16-3/h7-10,12H,4-6,11H2,1-3H3,(H,16,17). The summed E-state index contributed by atoms with van der Waals surface area (Å²) in [5.74, 6) is 1.33. The number of rotatable bonds is 7. The SMILES string of the molecule is CCCCC(C)COc1ccc(C(=O)NC)cc1. The minimum atomic E-state index is -0.0714. The molecule has 100 valence electrons. The first kappa shape index (κ1) is 14.6. The van der Waals surface area contributed by atoms with Crippen molar-refractivity contribution in [3.05, 3.63) is 29.8 Å². The lowest BCUT2D eigenvalue weighted by atomic mass is 10.1. The largest absolute Gasteiger partial charge is 0.493 e. The Morgan fingerprint density at radius 3 is 2.56 bits per heavy atom. The monoisotopic (exact) mass is 249 g/mol. The Bertz CT molecular complexity index is 359. The molecule has 18 heavy (non-hydrogen) atoms. The molecule has 0 saturated heterocycles. The van der Waals surface area contributed by atoms with Crippen molar-refractivity contribution < 1.29 is 9.53 Å². The second-order valence-corrected chi connectivity index (χ2v) is 4.66. The summed E-state index contributed by atoms with van der Waals surface area (Å²) in [4.78, 5) is 11.4. The summed E-state index contributed by atoms with van der Waals surface area (Å²) < 4.78 is 5.70. The molecule has 0 aliphatic heterocycles. The molecule has 1 N–H and O–H groups in total. The number of carbonyl (C=O) groups excluding carboxylic acids is 1. The van der Waals surface area contributed by atoms with Crippen LogP contribution in [0.4, 0.5) is 0 Å². The van der Waals surface area contributed by atoms with Gasteiger partial charge in [-0.1, -0.05) is 26.7 Å². The van der Waals surface area contributed by atoms with Gasteiger partial charge in [0.15, 0.2) is 0 Å². The van der Waals surface area contributed by atoms with E-state index >= 15 is 0 Å². The number of benzene rings is 1. The number of nitrogens with one attached hydrogen (secondary N) is 1. The Balaban J connectivity index is 2.41. The van der Waals surface area contributed by atoms with Crippen LogP contribution in [0, 0.1) is 5.92 Å². The molecule has 0 aromatic heterocycles. The third kappa shape index (κ3) is 4.78. The smallest absolute Gasteiger partial charge is 0.251 e. The third-order valence-corrected chi connectivity index (χ3v) is 2.93. The molecule has 1 amide bonds. The van der Waals surface area contributed by atoms with Gasteiger partial charge in [-0.05, 0) is 36.6 Å². The summed E-state index contributed by atoms with van der Waals surface area (Å²) in [7, 11) is 1.63. The number of ether oxygens (including phenoxy) is 1. The molecule has 1 unspecified atom stereocenters. The Kier molecular flexibility index (Phi) is 6.26. The fourth-order valence-electron chi connectivity index (χ4n) is 1.72. The number of unbranched alkanes of at least 4 members (excludes halogenated alkanes) is 1. The number of hydrogen-bond donors (Lipinski definition) is 1. The summed E-state index contributed by atoms with van der Waals surface area (Å²) in [6.45, 7) is 5.14. The third-order valence-electron chi connectivity index (χ3n) is 2.93. The molecule has 1 atom stereocenters. The molecule has 0 saturated carbocycles. The Morgan fingerprint density at radius 2 is 2.00 bits per heavy atom. The van der Waals surface area contributed by atoms with Crippen molar-refractivity contribution >= 4 is 5.91 Å². The molecule has 0 aliphatic carbocycles. The van der Waals surface area contributed by atoms with E-state index in [4.69, 9.17) is 4.74 Å². The highest BCUT2D eigenvalue weighted by molar-refractivity contribution is 5.94. The summed E-state index contributed by atoms with van der Waals surface area (Å²) >= 11 is 0. The van der Waals surface area contributed by atoms with Gasteiger partial charge in [-0.15, -0.1) is 0 Å². The molecule has 1 aromatic rings. The van der Waals surface area contributed by atoms with E-state index in [9.17, 15) is 4.79 Å². The lowest BCUT2D eigenvalue weighted by molar-refractivity contribution is 0.0963. The van der Waals surface area contributed by atoms with Crippen molar-refractivity contribution in [3.8, 4) is 5.75 Å². The molecular weight excluding hydrogens is 226 g/mol. The average molecular weight is 249 g/mol. The first-order chi connectivity index (χ1) is 8.67. The summed E-state index contributed by atoms with van der Waals surface area (Å²) in [5.41, 5.74) is 0.656. The zero-order valence-corrected chi connectivity index (χ0v) is 11.5. The summed E-state index contributed by atoms with van der Waals surface area (Å²) in [5, 5.41) is 2.59. The van der Waals surface area contributed by atoms with Crippen LogP contribution < -0.4 is 10.1 Å². The fourth-order valence-corrected chi connectivity index (χ4v) is 1.72. The number of amides is 1. The fraction of sp³-hybridized carbons (Fsp3) is 0.533. The van der Waals surface area contributed by atoms with E-state index in [0.29, 0.717) is 11.5 Å². The second kappa shape index (κ2) is 7.75. The molecule has 1 rings (SSSR count). The molecule has 1 aromatic carbocycles. The minimum absolute atomic E-state index is 0.0714. The van der Waals surface area contributed by atoms with E-state index in [1.54, 1.807) is 19.2 Å². The molecule has 0 aliphatic rings. The van der Waals surface area contributed by atoms with Crippen molar-refractivity contribution in [2.24, 2.45) is 5.92 Å². The zero-order chi connectivity index (χ0) is 13.4. The van der Waals surface area contributed by atoms with Crippen molar-refractivity contribution in [2.45, 2.75) is 33.1 Å². The summed E-state index contributed by atoms with van der Waals surface area (Å²) in [6, 6.07) is 7.25. The van der Waals surface area contributed by atoms with Crippen LogP contribution in [-0.4, -0.2) is 19.6 Å². The van der Waals surface area contributed by atoms with E-state index in [0.717, 1.165) is 12.4 Å². The van der Waals surface area contributed by atoms with Gasteiger partial charge in [-0.2, -0.15) is 0 Å². The molecule has 0 spiro atoms. The van der Waals surface area contributed by atoms with Crippen LogP contribution in [0.25, 0.3) is 0 Å². The first-order valence-corrected chi connectivity index (χ1v) is 6.62. The van der Waals surface area contributed by atoms with Crippen LogP contribution in [0.3, 0.4) is 0 Å². The predicted octanol–water partition coefficient (Wildman–Crippen LogP) is 3.25. The highest BCUT2D eigenvalue weighted by Crippen LogP contribution is 2.15. The lowest BCUT2D eigenvalue weighted by Crippen LogP contribution is -2.17. The molecule has 0 bridgehead atoms. The Labute approximate surface area is 110 Å². The van der Waals surface area contributed by atoms with Gasteiger partial charge in [0.2, 0.25) is 0 Å². The van der Waals surface area contributed by atoms with Crippen LogP contribution >= 0.6 is 0 Å². The van der Waals surface area contributed by atoms with Gasteiger partial charge >= 0.3 is 0 Å². The quantitative estimate of drug-likeness (QED) is 0.805. The maximum absolute atomic E-state index is 11.4. The van der Waals surface area contributed by atoms with E-state index in [2.05, 4.69) is 19.2 Å². The second-order valence-electron chi connectivity index (χ2n) is 4.66. The molecule has 0 radical (unpaired) electrons.